The number of aliphatic hydroxyl groups is 3. The van der Waals surface area contributed by atoms with Gasteiger partial charge in [-0.05, 0) is 6.42 Å². The molecule has 1 unspecified atom stereocenters. The van der Waals surface area contributed by atoms with Gasteiger partial charge in [0.2, 0.25) is 0 Å². The number of rotatable bonds is 2. The third-order valence-corrected chi connectivity index (χ3v) is 2.19. The lowest BCUT2D eigenvalue weighted by atomic mass is 9.90. The van der Waals surface area contributed by atoms with E-state index in [-0.39, 0.29) is 12.5 Å². The average molecular weight is 161 g/mol. The lowest BCUT2D eigenvalue weighted by molar-refractivity contribution is -0.214. The van der Waals surface area contributed by atoms with Crippen LogP contribution in [0.3, 0.4) is 0 Å². The van der Waals surface area contributed by atoms with Gasteiger partial charge in [0.15, 0.2) is 5.79 Å². The Morgan fingerprint density at radius 2 is 2.18 bits per heavy atom. The van der Waals surface area contributed by atoms with Gasteiger partial charge in [0, 0.05) is 32.0 Å². The number of hydrogen-bond acceptors (Lipinski definition) is 4. The topological polar surface area (TPSA) is 72.7 Å². The SMILES string of the molecule is OCCC1CNCCC1(O)O. The number of piperidine rings is 1. The Morgan fingerprint density at radius 1 is 1.45 bits per heavy atom. The monoisotopic (exact) mass is 161 g/mol. The minimum atomic E-state index is -1.58. The van der Waals surface area contributed by atoms with Crippen LogP contribution < -0.4 is 5.32 Å². The molecule has 1 aliphatic rings. The Balaban J connectivity index is 2.45. The van der Waals surface area contributed by atoms with Crippen molar-refractivity contribution in [2.24, 2.45) is 5.92 Å². The van der Waals surface area contributed by atoms with Crippen LogP contribution in [0.25, 0.3) is 0 Å². The summed E-state index contributed by atoms with van der Waals surface area (Å²) in [6, 6.07) is 0. The van der Waals surface area contributed by atoms with Crippen molar-refractivity contribution in [3.05, 3.63) is 0 Å². The van der Waals surface area contributed by atoms with E-state index in [0.29, 0.717) is 25.9 Å². The van der Waals surface area contributed by atoms with E-state index >= 15 is 0 Å². The number of hydrogen-bond donors (Lipinski definition) is 4. The van der Waals surface area contributed by atoms with Crippen molar-refractivity contribution in [3.8, 4) is 0 Å². The van der Waals surface area contributed by atoms with Crippen molar-refractivity contribution in [2.75, 3.05) is 19.7 Å². The molecule has 1 saturated heterocycles. The lowest BCUT2D eigenvalue weighted by Gasteiger charge is -2.35. The third kappa shape index (κ3) is 2.13. The molecule has 1 fully saturated rings. The summed E-state index contributed by atoms with van der Waals surface area (Å²) in [4.78, 5) is 0. The van der Waals surface area contributed by atoms with E-state index < -0.39 is 5.79 Å². The highest BCUT2D eigenvalue weighted by Crippen LogP contribution is 2.23. The first-order valence-corrected chi connectivity index (χ1v) is 3.93. The van der Waals surface area contributed by atoms with Crippen LogP contribution in [-0.2, 0) is 0 Å². The molecule has 1 rings (SSSR count). The molecular weight excluding hydrogens is 146 g/mol. The summed E-state index contributed by atoms with van der Waals surface area (Å²) >= 11 is 0. The molecule has 11 heavy (non-hydrogen) atoms. The molecule has 4 N–H and O–H groups in total. The zero-order chi connectivity index (χ0) is 8.32. The minimum absolute atomic E-state index is 0.00914. The molecule has 1 aliphatic heterocycles. The summed E-state index contributed by atoms with van der Waals surface area (Å²) in [6.45, 7) is 1.22. The number of aliphatic hydroxyl groups excluding tert-OH is 1. The molecule has 0 aromatic carbocycles. The van der Waals surface area contributed by atoms with Crippen molar-refractivity contribution < 1.29 is 15.3 Å². The number of nitrogens with one attached hydrogen (secondary N) is 1. The van der Waals surface area contributed by atoms with Crippen LogP contribution in [0.15, 0.2) is 0 Å². The van der Waals surface area contributed by atoms with Gasteiger partial charge in [-0.3, -0.25) is 0 Å². The van der Waals surface area contributed by atoms with E-state index in [1.165, 1.54) is 0 Å². The van der Waals surface area contributed by atoms with E-state index in [1.54, 1.807) is 0 Å². The van der Waals surface area contributed by atoms with Crippen LogP contribution >= 0.6 is 0 Å². The molecule has 4 heteroatoms. The fourth-order valence-corrected chi connectivity index (χ4v) is 1.41. The standard InChI is InChI=1S/C7H15NO3/c9-4-1-6-5-8-3-2-7(6,10)11/h6,8-11H,1-5H2. The second-order valence-corrected chi connectivity index (χ2v) is 3.04. The van der Waals surface area contributed by atoms with E-state index in [1.807, 2.05) is 0 Å². The van der Waals surface area contributed by atoms with Crippen LogP contribution in [-0.4, -0.2) is 40.8 Å². The summed E-state index contributed by atoms with van der Waals surface area (Å²) in [5.74, 6) is -1.81. The molecule has 0 amide bonds. The maximum atomic E-state index is 9.37. The van der Waals surface area contributed by atoms with Gasteiger partial charge in [0.1, 0.15) is 0 Å². The maximum Gasteiger partial charge on any atom is 0.167 e. The Kier molecular flexibility index (Phi) is 2.84. The van der Waals surface area contributed by atoms with Crippen molar-refractivity contribution in [3.63, 3.8) is 0 Å². The van der Waals surface area contributed by atoms with Crippen LogP contribution in [0.4, 0.5) is 0 Å². The van der Waals surface area contributed by atoms with Crippen LogP contribution in [0.2, 0.25) is 0 Å². The Bertz CT molecular complexity index is 125. The van der Waals surface area contributed by atoms with Gasteiger partial charge in [0.05, 0.1) is 0 Å². The van der Waals surface area contributed by atoms with Gasteiger partial charge in [0.25, 0.3) is 0 Å². The van der Waals surface area contributed by atoms with Crippen molar-refractivity contribution in [2.45, 2.75) is 18.6 Å². The fourth-order valence-electron chi connectivity index (χ4n) is 1.41. The summed E-state index contributed by atoms with van der Waals surface area (Å²) in [5.41, 5.74) is 0. The molecule has 0 aromatic heterocycles. The smallest absolute Gasteiger partial charge is 0.167 e. The molecule has 66 valence electrons. The van der Waals surface area contributed by atoms with Gasteiger partial charge in [-0.2, -0.15) is 0 Å². The van der Waals surface area contributed by atoms with Crippen LogP contribution in [0, 0.1) is 5.92 Å². The highest BCUT2D eigenvalue weighted by atomic mass is 16.5. The predicted octanol–water partition coefficient (Wildman–Crippen LogP) is -1.34. The maximum absolute atomic E-state index is 9.37. The highest BCUT2D eigenvalue weighted by Gasteiger charge is 2.35. The largest absolute Gasteiger partial charge is 0.396 e. The third-order valence-electron chi connectivity index (χ3n) is 2.19. The van der Waals surface area contributed by atoms with Crippen molar-refractivity contribution >= 4 is 0 Å². The second kappa shape index (κ2) is 3.49. The quantitative estimate of drug-likeness (QED) is 0.378. The van der Waals surface area contributed by atoms with E-state index in [9.17, 15) is 10.2 Å². The highest BCUT2D eigenvalue weighted by molar-refractivity contribution is 4.82. The molecule has 0 aliphatic carbocycles. The predicted molar refractivity (Wildman–Crippen MR) is 39.8 cm³/mol. The summed E-state index contributed by atoms with van der Waals surface area (Å²) < 4.78 is 0. The first-order valence-electron chi connectivity index (χ1n) is 3.93. The summed E-state index contributed by atoms with van der Waals surface area (Å²) in [7, 11) is 0. The van der Waals surface area contributed by atoms with Gasteiger partial charge in [-0.25, -0.2) is 0 Å². The lowest BCUT2D eigenvalue weighted by Crippen LogP contribution is -2.50. The molecule has 0 aromatic rings. The molecule has 0 saturated carbocycles. The van der Waals surface area contributed by atoms with Gasteiger partial charge in [-0.15, -0.1) is 0 Å². The minimum Gasteiger partial charge on any atom is -0.396 e. The molecule has 0 spiro atoms. The van der Waals surface area contributed by atoms with Crippen molar-refractivity contribution in [1.29, 1.82) is 0 Å². The zero-order valence-corrected chi connectivity index (χ0v) is 6.45. The fraction of sp³-hybridized carbons (Fsp3) is 1.00. The second-order valence-electron chi connectivity index (χ2n) is 3.04. The normalized spacial score (nSPS) is 30.3. The van der Waals surface area contributed by atoms with Gasteiger partial charge < -0.3 is 20.6 Å². The molecular formula is C7H15NO3. The van der Waals surface area contributed by atoms with Crippen LogP contribution in [0.1, 0.15) is 12.8 Å². The Morgan fingerprint density at radius 3 is 2.73 bits per heavy atom. The molecule has 1 heterocycles. The van der Waals surface area contributed by atoms with E-state index in [2.05, 4.69) is 5.32 Å². The first kappa shape index (κ1) is 8.93. The van der Waals surface area contributed by atoms with Crippen molar-refractivity contribution in [1.82, 2.24) is 5.32 Å². The molecule has 0 radical (unpaired) electrons. The molecule has 1 atom stereocenters. The zero-order valence-electron chi connectivity index (χ0n) is 6.45. The van der Waals surface area contributed by atoms with Gasteiger partial charge >= 0.3 is 0 Å². The van der Waals surface area contributed by atoms with Gasteiger partial charge in [-0.1, -0.05) is 0 Å². The van der Waals surface area contributed by atoms with Crippen LogP contribution in [0.5, 0.6) is 0 Å². The molecule has 4 nitrogen and oxygen atoms in total. The first-order chi connectivity index (χ1) is 5.17. The molecule has 0 bridgehead atoms. The summed E-state index contributed by atoms with van der Waals surface area (Å²) in [6.07, 6.45) is 0.789. The average Bonchev–Trinajstić information content (AvgIpc) is 1.94. The Hall–Kier alpha value is -0.160. The van der Waals surface area contributed by atoms with E-state index in [0.717, 1.165) is 0 Å². The Labute approximate surface area is 65.9 Å². The summed E-state index contributed by atoms with van der Waals surface area (Å²) in [5, 5.41) is 30.4. The van der Waals surface area contributed by atoms with E-state index in [4.69, 9.17) is 5.11 Å².